The molecule has 0 aromatic heterocycles. The van der Waals surface area contributed by atoms with Crippen molar-refractivity contribution in [2.75, 3.05) is 31.5 Å². The molecule has 0 aliphatic carbocycles. The van der Waals surface area contributed by atoms with Crippen LogP contribution in [0.4, 0.5) is 14.9 Å². The highest BCUT2D eigenvalue weighted by Crippen LogP contribution is 2.23. The first kappa shape index (κ1) is 30.5. The van der Waals surface area contributed by atoms with Crippen LogP contribution in [0, 0.1) is 5.82 Å². The van der Waals surface area contributed by atoms with Crippen LogP contribution in [-0.4, -0.2) is 66.7 Å². The molecule has 4 rings (SSSR count). The smallest absolute Gasteiger partial charge is 0.321 e. The Morgan fingerprint density at radius 3 is 2.37 bits per heavy atom. The predicted molar refractivity (Wildman–Crippen MR) is 158 cm³/mol. The van der Waals surface area contributed by atoms with Crippen molar-refractivity contribution in [2.45, 2.75) is 43.7 Å². The predicted octanol–water partition coefficient (Wildman–Crippen LogP) is 5.61. The number of urea groups is 1. The highest BCUT2D eigenvalue weighted by Gasteiger charge is 2.33. The van der Waals surface area contributed by atoms with E-state index in [0.29, 0.717) is 48.6 Å². The quantitative estimate of drug-likeness (QED) is 0.328. The number of anilines is 1. The lowest BCUT2D eigenvalue weighted by molar-refractivity contribution is -0.135. The van der Waals surface area contributed by atoms with Crippen LogP contribution in [0.2, 0.25) is 5.02 Å². The second kappa shape index (κ2) is 13.9. The molecule has 8 nitrogen and oxygen atoms in total. The summed E-state index contributed by atoms with van der Waals surface area (Å²) in [4.78, 5) is 30.1. The molecule has 1 fully saturated rings. The van der Waals surface area contributed by atoms with Crippen molar-refractivity contribution < 1.29 is 22.4 Å². The van der Waals surface area contributed by atoms with Crippen LogP contribution in [0.25, 0.3) is 0 Å². The molecular formula is C30H34ClFN4O4S. The highest BCUT2D eigenvalue weighted by atomic mass is 35.5. The summed E-state index contributed by atoms with van der Waals surface area (Å²) in [6.45, 7) is 2.61. The first-order chi connectivity index (χ1) is 19.7. The Bertz CT molecular complexity index is 1450. The van der Waals surface area contributed by atoms with Crippen molar-refractivity contribution in [3.63, 3.8) is 0 Å². The van der Waals surface area contributed by atoms with E-state index in [1.807, 2.05) is 6.92 Å². The molecule has 0 spiro atoms. The van der Waals surface area contributed by atoms with Crippen molar-refractivity contribution in [2.24, 2.45) is 0 Å². The van der Waals surface area contributed by atoms with Gasteiger partial charge in [0.2, 0.25) is 15.9 Å². The Kier molecular flexibility index (Phi) is 10.4. The molecule has 11 heteroatoms. The Morgan fingerprint density at radius 2 is 1.71 bits per heavy atom. The van der Waals surface area contributed by atoms with Crippen LogP contribution in [0.3, 0.4) is 0 Å². The molecule has 3 aromatic carbocycles. The fourth-order valence-corrected chi connectivity index (χ4v) is 6.61. The summed E-state index contributed by atoms with van der Waals surface area (Å²) < 4.78 is 42.0. The molecule has 1 aliphatic heterocycles. The van der Waals surface area contributed by atoms with E-state index >= 15 is 0 Å². The summed E-state index contributed by atoms with van der Waals surface area (Å²) in [6, 6.07) is 20.4. The standard InChI is InChI=1S/C30H34ClFN4O4S/c1-2-16-35(41(39,40)28-12-4-3-5-13-28)22-29(37)36(21-23-8-6-10-25(32)19-23)27-14-17-34(18-15-27)30(38)33-26-11-7-9-24(31)20-26/h3-13,19-20,27H,2,14-18,21-22H2,1H3,(H,33,38). The molecule has 1 N–H and O–H groups in total. The molecule has 218 valence electrons. The molecule has 1 heterocycles. The molecule has 3 amide bonds. The van der Waals surface area contributed by atoms with Gasteiger partial charge in [-0.15, -0.1) is 0 Å². The summed E-state index contributed by atoms with van der Waals surface area (Å²) in [6.07, 6.45) is 1.51. The average Bonchev–Trinajstić information content (AvgIpc) is 2.96. The zero-order valence-electron chi connectivity index (χ0n) is 22.9. The van der Waals surface area contributed by atoms with E-state index < -0.39 is 15.8 Å². The Morgan fingerprint density at radius 1 is 1.00 bits per heavy atom. The van der Waals surface area contributed by atoms with Crippen molar-refractivity contribution in [1.29, 1.82) is 0 Å². The number of amides is 3. The van der Waals surface area contributed by atoms with Crippen molar-refractivity contribution >= 4 is 39.2 Å². The lowest BCUT2D eigenvalue weighted by Crippen LogP contribution is -2.51. The van der Waals surface area contributed by atoms with Crippen molar-refractivity contribution in [3.05, 3.63) is 95.3 Å². The number of nitrogens with zero attached hydrogens (tertiary/aromatic N) is 3. The van der Waals surface area contributed by atoms with Gasteiger partial charge >= 0.3 is 6.03 Å². The van der Waals surface area contributed by atoms with E-state index in [4.69, 9.17) is 11.6 Å². The van der Waals surface area contributed by atoms with E-state index in [2.05, 4.69) is 5.32 Å². The molecule has 1 aliphatic rings. The third kappa shape index (κ3) is 8.06. The van der Waals surface area contributed by atoms with Crippen molar-refractivity contribution in [1.82, 2.24) is 14.1 Å². The van der Waals surface area contributed by atoms with E-state index in [1.54, 1.807) is 64.4 Å². The number of benzene rings is 3. The van der Waals surface area contributed by atoms with Crippen LogP contribution < -0.4 is 5.32 Å². The number of likely N-dealkylation sites (tertiary alicyclic amines) is 1. The summed E-state index contributed by atoms with van der Waals surface area (Å²) in [5.74, 6) is -0.786. The average molecular weight is 601 g/mol. The summed E-state index contributed by atoms with van der Waals surface area (Å²) in [5, 5.41) is 3.36. The number of carbonyl (C=O) groups excluding carboxylic acids is 2. The SMILES string of the molecule is CCCN(CC(=O)N(Cc1cccc(F)c1)C1CCN(C(=O)Nc2cccc(Cl)c2)CC1)S(=O)(=O)c1ccccc1. The van der Waals surface area contributed by atoms with E-state index in [9.17, 15) is 22.4 Å². The number of hydrogen-bond acceptors (Lipinski definition) is 4. The second-order valence-electron chi connectivity index (χ2n) is 9.96. The number of sulfonamides is 1. The fourth-order valence-electron chi connectivity index (χ4n) is 4.92. The zero-order chi connectivity index (χ0) is 29.4. The Hall–Kier alpha value is -3.47. The number of rotatable bonds is 10. The maximum atomic E-state index is 14.0. The van der Waals surface area contributed by atoms with Gasteiger partial charge in [0, 0.05) is 42.9 Å². The van der Waals surface area contributed by atoms with Gasteiger partial charge in [-0.25, -0.2) is 17.6 Å². The second-order valence-corrected chi connectivity index (χ2v) is 12.3. The third-order valence-corrected chi connectivity index (χ3v) is 9.09. The van der Waals surface area contributed by atoms with Crippen LogP contribution in [0.1, 0.15) is 31.7 Å². The molecule has 41 heavy (non-hydrogen) atoms. The van der Waals surface area contributed by atoms with E-state index in [1.165, 1.54) is 28.6 Å². The van der Waals surface area contributed by atoms with E-state index in [-0.39, 0.29) is 42.5 Å². The molecule has 0 atom stereocenters. The maximum Gasteiger partial charge on any atom is 0.321 e. The molecule has 0 saturated carbocycles. The highest BCUT2D eigenvalue weighted by molar-refractivity contribution is 7.89. The van der Waals surface area contributed by atoms with Gasteiger partial charge < -0.3 is 15.1 Å². The summed E-state index contributed by atoms with van der Waals surface area (Å²) in [7, 11) is -3.90. The van der Waals surface area contributed by atoms with Gasteiger partial charge in [0.25, 0.3) is 0 Å². The number of nitrogens with one attached hydrogen (secondary N) is 1. The molecule has 0 bridgehead atoms. The minimum atomic E-state index is -3.90. The molecule has 1 saturated heterocycles. The van der Waals surface area contributed by atoms with Gasteiger partial charge in [-0.2, -0.15) is 4.31 Å². The fraction of sp³-hybridized carbons (Fsp3) is 0.333. The van der Waals surface area contributed by atoms with Gasteiger partial charge in [-0.3, -0.25) is 4.79 Å². The van der Waals surface area contributed by atoms with Crippen molar-refractivity contribution in [3.8, 4) is 0 Å². The van der Waals surface area contributed by atoms with Gasteiger partial charge in [-0.1, -0.05) is 54.9 Å². The van der Waals surface area contributed by atoms with Gasteiger partial charge in [0.05, 0.1) is 11.4 Å². The topological polar surface area (TPSA) is 90.0 Å². The first-order valence-electron chi connectivity index (χ1n) is 13.6. The van der Waals surface area contributed by atoms with Gasteiger partial charge in [0.1, 0.15) is 5.82 Å². The first-order valence-corrected chi connectivity index (χ1v) is 15.4. The minimum absolute atomic E-state index is 0.122. The number of piperidine rings is 1. The number of hydrogen-bond donors (Lipinski definition) is 1. The summed E-state index contributed by atoms with van der Waals surface area (Å²) >= 11 is 6.03. The third-order valence-electron chi connectivity index (χ3n) is 7.00. The summed E-state index contributed by atoms with van der Waals surface area (Å²) in [5.41, 5.74) is 1.19. The Labute approximate surface area is 245 Å². The largest absolute Gasteiger partial charge is 0.334 e. The van der Waals surface area contributed by atoms with Gasteiger partial charge in [0.15, 0.2) is 0 Å². The lowest BCUT2D eigenvalue weighted by Gasteiger charge is -2.39. The molecular weight excluding hydrogens is 567 g/mol. The van der Waals surface area contributed by atoms with Crippen LogP contribution in [0.15, 0.2) is 83.8 Å². The molecule has 0 unspecified atom stereocenters. The number of carbonyl (C=O) groups is 2. The van der Waals surface area contributed by atoms with Gasteiger partial charge in [-0.05, 0) is 67.3 Å². The Balaban J connectivity index is 1.50. The van der Waals surface area contributed by atoms with Crippen LogP contribution in [0.5, 0.6) is 0 Å². The lowest BCUT2D eigenvalue weighted by atomic mass is 10.0. The minimum Gasteiger partial charge on any atom is -0.334 e. The van der Waals surface area contributed by atoms with Crippen LogP contribution in [-0.2, 0) is 21.4 Å². The van der Waals surface area contributed by atoms with E-state index in [0.717, 1.165) is 0 Å². The molecule has 0 radical (unpaired) electrons. The zero-order valence-corrected chi connectivity index (χ0v) is 24.5. The number of halogens is 2. The molecule has 3 aromatic rings. The maximum absolute atomic E-state index is 14.0. The van der Waals surface area contributed by atoms with Crippen LogP contribution >= 0.6 is 11.6 Å². The normalized spacial score (nSPS) is 14.2. The monoisotopic (exact) mass is 600 g/mol.